The first-order valence-corrected chi connectivity index (χ1v) is 26.4. The molecular formula is C70H61N. The van der Waals surface area contributed by atoms with Gasteiger partial charge in [0.25, 0.3) is 0 Å². The Labute approximate surface area is 420 Å². The standard InChI is InChI=1S/C70H61N/c1-45-34-53(51-24-27-54(28-25-51)69-42-47-36-48(43-69)38-49(37-47)44-69)35-46(2)67(45)71(57-29-32-61-60-31-26-52(50-16-8-5-9-17-50)39-64(60)68(3,4)65(61)40-57)58-30-33-62-59-22-14-15-23-63(59)70(66(62)41-58,55-18-10-6-11-19-55)56-20-12-7-13-21-56/h5-35,39-41,47-49H,36-38,42-44H2,1-4H3. The third-order valence-corrected chi connectivity index (χ3v) is 18.3. The van der Waals surface area contributed by atoms with Crippen LogP contribution in [0.4, 0.5) is 17.1 Å². The second kappa shape index (κ2) is 15.9. The van der Waals surface area contributed by atoms with Crippen LogP contribution in [0, 0.1) is 31.6 Å². The number of fused-ring (bicyclic) bond motifs is 6. The van der Waals surface area contributed by atoms with Gasteiger partial charge in [0.05, 0.1) is 11.1 Å². The summed E-state index contributed by atoms with van der Waals surface area (Å²) >= 11 is 0. The summed E-state index contributed by atoms with van der Waals surface area (Å²) in [4.78, 5) is 2.59. The van der Waals surface area contributed by atoms with E-state index in [1.807, 2.05) is 0 Å². The lowest BCUT2D eigenvalue weighted by Crippen LogP contribution is -2.48. The fourth-order valence-electron chi connectivity index (χ4n) is 15.6. The average Bonchev–Trinajstić information content (AvgIpc) is 3.82. The largest absolute Gasteiger partial charge is 0.310 e. The molecule has 0 saturated heterocycles. The van der Waals surface area contributed by atoms with Gasteiger partial charge in [-0.25, -0.2) is 0 Å². The van der Waals surface area contributed by atoms with Crippen molar-refractivity contribution in [3.05, 3.63) is 256 Å². The van der Waals surface area contributed by atoms with Gasteiger partial charge in [0.1, 0.15) is 0 Å². The van der Waals surface area contributed by atoms with E-state index in [0.29, 0.717) is 5.41 Å². The molecule has 0 aliphatic heterocycles. The molecule has 0 heterocycles. The van der Waals surface area contributed by atoms with Gasteiger partial charge < -0.3 is 4.90 Å². The van der Waals surface area contributed by atoms with E-state index in [1.54, 1.807) is 5.56 Å². The van der Waals surface area contributed by atoms with Crippen LogP contribution in [0.2, 0.25) is 0 Å². The number of hydrogen-bond donors (Lipinski definition) is 0. The fraction of sp³-hybridized carbons (Fsp3) is 0.229. The maximum atomic E-state index is 2.59. The van der Waals surface area contributed by atoms with Gasteiger partial charge in [0.15, 0.2) is 0 Å². The lowest BCUT2D eigenvalue weighted by molar-refractivity contribution is -0.00518. The highest BCUT2D eigenvalue weighted by Gasteiger charge is 2.52. The smallest absolute Gasteiger partial charge is 0.0714 e. The van der Waals surface area contributed by atoms with Crippen LogP contribution < -0.4 is 4.90 Å². The quantitative estimate of drug-likeness (QED) is 0.147. The lowest BCUT2D eigenvalue weighted by atomic mass is 9.48. The molecule has 0 N–H and O–H groups in total. The normalized spacial score (nSPS) is 21.3. The van der Waals surface area contributed by atoms with Crippen LogP contribution in [0.25, 0.3) is 44.5 Å². The third kappa shape index (κ3) is 6.44. The van der Waals surface area contributed by atoms with Gasteiger partial charge in [-0.2, -0.15) is 0 Å². The molecule has 0 aromatic heterocycles. The van der Waals surface area contributed by atoms with Gasteiger partial charge in [-0.15, -0.1) is 0 Å². The highest BCUT2D eigenvalue weighted by Crippen LogP contribution is 2.62. The summed E-state index contributed by atoms with van der Waals surface area (Å²) in [6.07, 6.45) is 8.63. The molecular weight excluding hydrogens is 855 g/mol. The van der Waals surface area contributed by atoms with Crippen molar-refractivity contribution >= 4 is 17.1 Å². The summed E-state index contributed by atoms with van der Waals surface area (Å²) in [5.74, 6) is 2.82. The molecule has 0 unspecified atom stereocenters. The van der Waals surface area contributed by atoms with Gasteiger partial charge in [-0.05, 0) is 213 Å². The number of anilines is 3. The molecule has 0 atom stereocenters. The average molecular weight is 916 g/mol. The van der Waals surface area contributed by atoms with Crippen LogP contribution >= 0.6 is 0 Å². The minimum Gasteiger partial charge on any atom is -0.310 e. The molecule has 4 fully saturated rings. The molecule has 0 radical (unpaired) electrons. The maximum Gasteiger partial charge on any atom is 0.0714 e. The molecule has 15 rings (SSSR count). The number of benzene rings is 9. The highest BCUT2D eigenvalue weighted by molar-refractivity contribution is 5.92. The van der Waals surface area contributed by atoms with E-state index < -0.39 is 5.41 Å². The number of rotatable bonds is 8. The maximum absolute atomic E-state index is 2.59. The van der Waals surface area contributed by atoms with Gasteiger partial charge in [0, 0.05) is 16.8 Å². The molecule has 6 aliphatic rings. The summed E-state index contributed by atoms with van der Waals surface area (Å²) in [6.45, 7) is 9.51. The Kier molecular flexibility index (Phi) is 9.55. The molecule has 4 bridgehead atoms. The molecule has 9 aromatic carbocycles. The fourth-order valence-corrected chi connectivity index (χ4v) is 15.6. The van der Waals surface area contributed by atoms with Gasteiger partial charge >= 0.3 is 0 Å². The Morgan fingerprint density at radius 1 is 0.366 bits per heavy atom. The lowest BCUT2D eigenvalue weighted by Gasteiger charge is -2.57. The molecule has 0 spiro atoms. The predicted octanol–water partition coefficient (Wildman–Crippen LogP) is 18.2. The SMILES string of the molecule is Cc1cc(-c2ccc(C34CC5CC(CC(C5)C3)C4)cc2)cc(C)c1N(c1ccc2c(c1)C(C)(C)c1cc(-c3ccccc3)ccc1-2)c1ccc2c(c1)C(c1ccccc1)(c1ccccc1)c1ccccc1-2. The van der Waals surface area contributed by atoms with E-state index in [2.05, 4.69) is 239 Å². The number of aryl methyl sites for hydroxylation is 2. The Hall–Kier alpha value is -7.22. The van der Waals surface area contributed by atoms with Crippen LogP contribution in [-0.2, 0) is 16.2 Å². The monoisotopic (exact) mass is 915 g/mol. The van der Waals surface area contributed by atoms with Crippen molar-refractivity contribution in [1.29, 1.82) is 0 Å². The predicted molar refractivity (Wildman–Crippen MR) is 296 cm³/mol. The zero-order valence-electron chi connectivity index (χ0n) is 41.6. The molecule has 1 heteroatoms. The Bertz CT molecular complexity index is 3440. The van der Waals surface area contributed by atoms with E-state index in [-0.39, 0.29) is 5.41 Å². The van der Waals surface area contributed by atoms with Crippen molar-refractivity contribution in [2.45, 2.75) is 82.5 Å². The van der Waals surface area contributed by atoms with E-state index in [4.69, 9.17) is 0 Å². The third-order valence-electron chi connectivity index (χ3n) is 18.3. The molecule has 0 amide bonds. The number of hydrogen-bond acceptors (Lipinski definition) is 1. The van der Waals surface area contributed by atoms with Gasteiger partial charge in [-0.3, -0.25) is 0 Å². The first kappa shape index (κ1) is 42.6. The van der Waals surface area contributed by atoms with Crippen LogP contribution in [0.15, 0.2) is 206 Å². The van der Waals surface area contributed by atoms with Gasteiger partial charge in [-0.1, -0.05) is 178 Å². The van der Waals surface area contributed by atoms with E-state index >= 15 is 0 Å². The van der Waals surface area contributed by atoms with Crippen LogP contribution in [-0.4, -0.2) is 0 Å². The first-order valence-electron chi connectivity index (χ1n) is 26.4. The molecule has 9 aromatic rings. The molecule has 1 nitrogen and oxygen atoms in total. The van der Waals surface area contributed by atoms with E-state index in [9.17, 15) is 0 Å². The van der Waals surface area contributed by atoms with E-state index in [1.165, 1.54) is 139 Å². The van der Waals surface area contributed by atoms with Crippen molar-refractivity contribution in [3.63, 3.8) is 0 Å². The number of nitrogens with zero attached hydrogens (tertiary/aromatic N) is 1. The molecule has 71 heavy (non-hydrogen) atoms. The summed E-state index contributed by atoms with van der Waals surface area (Å²) in [6, 6.07) is 78.9. The van der Waals surface area contributed by atoms with Gasteiger partial charge in [0.2, 0.25) is 0 Å². The summed E-state index contributed by atoms with van der Waals surface area (Å²) in [5, 5.41) is 0. The van der Waals surface area contributed by atoms with Crippen molar-refractivity contribution < 1.29 is 0 Å². The summed E-state index contributed by atoms with van der Waals surface area (Å²) < 4.78 is 0. The topological polar surface area (TPSA) is 3.24 Å². The van der Waals surface area contributed by atoms with Crippen LogP contribution in [0.5, 0.6) is 0 Å². The van der Waals surface area contributed by atoms with Crippen LogP contribution in [0.3, 0.4) is 0 Å². The second-order valence-corrected chi connectivity index (χ2v) is 22.8. The second-order valence-electron chi connectivity index (χ2n) is 22.8. The Morgan fingerprint density at radius 3 is 1.41 bits per heavy atom. The molecule has 346 valence electrons. The zero-order chi connectivity index (χ0) is 47.6. The van der Waals surface area contributed by atoms with Crippen molar-refractivity contribution in [1.82, 2.24) is 0 Å². The first-order chi connectivity index (χ1) is 34.7. The van der Waals surface area contributed by atoms with Crippen molar-refractivity contribution in [3.8, 4) is 44.5 Å². The summed E-state index contributed by atoms with van der Waals surface area (Å²) in [7, 11) is 0. The van der Waals surface area contributed by atoms with Crippen molar-refractivity contribution in [2.75, 3.05) is 4.90 Å². The van der Waals surface area contributed by atoms with Crippen molar-refractivity contribution in [2.24, 2.45) is 17.8 Å². The minimum atomic E-state index is -0.509. The summed E-state index contributed by atoms with van der Waals surface area (Å²) in [5.41, 5.74) is 25.7. The Balaban J connectivity index is 0.933. The van der Waals surface area contributed by atoms with Crippen LogP contribution in [0.1, 0.15) is 102 Å². The molecule has 6 aliphatic carbocycles. The Morgan fingerprint density at radius 2 is 0.817 bits per heavy atom. The van der Waals surface area contributed by atoms with E-state index in [0.717, 1.165) is 23.4 Å². The highest BCUT2D eigenvalue weighted by atomic mass is 15.1. The minimum absolute atomic E-state index is 0.206. The zero-order valence-corrected chi connectivity index (χ0v) is 41.6. The molecule has 4 saturated carbocycles.